The number of ether oxygens (including phenoxy) is 1. The lowest BCUT2D eigenvalue weighted by Crippen LogP contribution is -2.47. The predicted molar refractivity (Wildman–Crippen MR) is 346 cm³/mol. The molecule has 0 aromatic carbocycles. The van der Waals surface area contributed by atoms with Crippen molar-refractivity contribution in [3.63, 3.8) is 0 Å². The molecule has 0 aliphatic heterocycles. The molecule has 0 radical (unpaired) electrons. The van der Waals surface area contributed by atoms with E-state index in [1.54, 1.807) is 0 Å². The Hall–Kier alpha value is -3.07. The highest BCUT2D eigenvalue weighted by Crippen LogP contribution is 2.43. The Kier molecular flexibility index (Phi) is 56.8. The van der Waals surface area contributed by atoms with Gasteiger partial charge in [-0.2, -0.15) is 0 Å². The van der Waals surface area contributed by atoms with Crippen molar-refractivity contribution in [2.45, 2.75) is 296 Å². The fourth-order valence-electron chi connectivity index (χ4n) is 9.11. The number of hydrogen-bond acceptors (Lipinski definition) is 6. The lowest BCUT2D eigenvalue weighted by atomic mass is 10.0. The van der Waals surface area contributed by atoms with E-state index in [-0.39, 0.29) is 31.5 Å². The second-order valence-electron chi connectivity index (χ2n) is 23.3. The summed E-state index contributed by atoms with van der Waals surface area (Å²) in [5, 5.41) is 3.05. The lowest BCUT2D eigenvalue weighted by Gasteiger charge is -2.27. The number of phosphoric acid groups is 1. The number of likely N-dealkylation sites (N-methyl/N-ethyl adjacent to an activating group) is 1. The molecule has 9 nitrogen and oxygen atoms in total. The maximum absolute atomic E-state index is 13.6. The summed E-state index contributed by atoms with van der Waals surface area (Å²) >= 11 is 0. The Morgan fingerprint density at radius 3 is 1.16 bits per heavy atom. The molecular weight excluding hydrogens is 1010 g/mol. The Morgan fingerprint density at radius 2 is 0.762 bits per heavy atom. The highest BCUT2D eigenvalue weighted by molar-refractivity contribution is 7.47. The van der Waals surface area contributed by atoms with Crippen molar-refractivity contribution in [2.24, 2.45) is 0 Å². The second-order valence-corrected chi connectivity index (χ2v) is 24.7. The monoisotopic (exact) mass is 1140 g/mol. The van der Waals surface area contributed by atoms with Crippen LogP contribution >= 0.6 is 7.82 Å². The minimum atomic E-state index is -4.46. The summed E-state index contributed by atoms with van der Waals surface area (Å²) < 4.78 is 30.7. The van der Waals surface area contributed by atoms with Gasteiger partial charge in [0.05, 0.1) is 33.8 Å². The molecular formula is C70H126N2O7P+. The Bertz CT molecular complexity index is 1690. The summed E-state index contributed by atoms with van der Waals surface area (Å²) in [6.45, 7) is 6.94. The molecule has 0 aliphatic carbocycles. The van der Waals surface area contributed by atoms with E-state index in [0.717, 1.165) is 116 Å². The zero-order valence-electron chi connectivity index (χ0n) is 52.8. The van der Waals surface area contributed by atoms with E-state index < -0.39 is 20.0 Å². The topological polar surface area (TPSA) is 111 Å². The van der Waals surface area contributed by atoms with E-state index >= 15 is 0 Å². The van der Waals surface area contributed by atoms with Crippen LogP contribution < -0.4 is 5.32 Å². The Labute approximate surface area is 494 Å². The molecule has 0 aromatic heterocycles. The first-order chi connectivity index (χ1) is 38.9. The third kappa shape index (κ3) is 59.5. The first kappa shape index (κ1) is 76.9. The average Bonchev–Trinajstić information content (AvgIpc) is 3.42. The number of nitrogens with zero attached hydrogens (tertiary/aromatic N) is 1. The number of esters is 1. The number of carbonyl (C=O) groups excluding carboxylic acids is 2. The number of phosphoric ester groups is 1. The number of rotatable bonds is 59. The van der Waals surface area contributed by atoms with Crippen molar-refractivity contribution >= 4 is 19.7 Å². The van der Waals surface area contributed by atoms with Gasteiger partial charge in [-0.1, -0.05) is 253 Å². The molecule has 0 fully saturated rings. The van der Waals surface area contributed by atoms with Gasteiger partial charge < -0.3 is 19.4 Å². The zero-order chi connectivity index (χ0) is 58.6. The molecule has 0 rings (SSSR count). The van der Waals surface area contributed by atoms with Crippen LogP contribution in [-0.2, 0) is 27.9 Å². The van der Waals surface area contributed by atoms with Crippen molar-refractivity contribution in [1.29, 1.82) is 0 Å². The molecule has 0 bridgehead atoms. The van der Waals surface area contributed by atoms with Gasteiger partial charge in [-0.15, -0.1) is 0 Å². The van der Waals surface area contributed by atoms with Gasteiger partial charge in [-0.05, 0) is 115 Å². The molecule has 0 spiro atoms. The minimum Gasteiger partial charge on any atom is -0.456 e. The van der Waals surface area contributed by atoms with Crippen LogP contribution in [0.2, 0.25) is 0 Å². The maximum atomic E-state index is 13.6. The molecule has 0 aliphatic rings. The summed E-state index contributed by atoms with van der Waals surface area (Å²) in [4.78, 5) is 37.8. The van der Waals surface area contributed by atoms with Gasteiger partial charge in [0.15, 0.2) is 0 Å². The average molecular weight is 1140 g/mol. The molecule has 10 heteroatoms. The van der Waals surface area contributed by atoms with E-state index in [2.05, 4.69) is 111 Å². The number of allylic oxidation sites excluding steroid dienone is 15. The van der Waals surface area contributed by atoms with Crippen molar-refractivity contribution in [1.82, 2.24) is 5.32 Å². The molecule has 0 heterocycles. The summed E-state index contributed by atoms with van der Waals surface area (Å²) in [5.41, 5.74) is 0. The minimum absolute atomic E-state index is 0.0312. The van der Waals surface area contributed by atoms with Crippen LogP contribution in [-0.4, -0.2) is 74.3 Å². The number of quaternary nitrogens is 1. The molecule has 0 saturated heterocycles. The maximum Gasteiger partial charge on any atom is 0.472 e. The number of hydrogen-bond donors (Lipinski definition) is 2. The van der Waals surface area contributed by atoms with Gasteiger partial charge in [-0.25, -0.2) is 4.57 Å². The molecule has 2 N–H and O–H groups in total. The first-order valence-electron chi connectivity index (χ1n) is 33.1. The van der Waals surface area contributed by atoms with Crippen molar-refractivity contribution in [3.05, 3.63) is 97.2 Å². The van der Waals surface area contributed by atoms with Gasteiger partial charge in [0.25, 0.3) is 0 Å². The molecule has 1 amide bonds. The number of carbonyl (C=O) groups is 2. The Morgan fingerprint density at radius 1 is 0.438 bits per heavy atom. The lowest BCUT2D eigenvalue weighted by molar-refractivity contribution is -0.870. The Balaban J connectivity index is 5.23. The van der Waals surface area contributed by atoms with Gasteiger partial charge in [0.1, 0.15) is 19.3 Å². The van der Waals surface area contributed by atoms with Crippen LogP contribution in [0.5, 0.6) is 0 Å². The highest BCUT2D eigenvalue weighted by atomic mass is 31.2. The van der Waals surface area contributed by atoms with Crippen LogP contribution in [0.1, 0.15) is 284 Å². The summed E-state index contributed by atoms with van der Waals surface area (Å²) in [5.74, 6) is -0.533. The zero-order valence-corrected chi connectivity index (χ0v) is 53.7. The first-order valence-corrected chi connectivity index (χ1v) is 34.6. The fraction of sp³-hybridized carbons (Fsp3) is 0.743. The van der Waals surface area contributed by atoms with Gasteiger partial charge >= 0.3 is 13.8 Å². The van der Waals surface area contributed by atoms with Crippen molar-refractivity contribution in [3.8, 4) is 0 Å². The normalized spacial score (nSPS) is 14.2. The standard InChI is InChI=1S/C70H125N2O7P/c1-7-10-13-16-19-22-25-28-30-32-34-35-36-37-39-40-42-44-47-50-53-56-59-62-69(73)71-67(66-78-80(75,76)77-65-64-72(4,5)6)68(61-58-55-52-49-46-27-24-21-18-15-12-9-3)79-70(74)63-60-57-54-51-48-45-43-41-38-33-31-29-26-23-20-17-14-11-8-2/h19-20,22-23,28-31,34-35,37-39,41,58,61,67-68H,7-18,21,24-27,32-33,36,40,42-57,59-60,62-66H2,1-6H3,(H-,71,73,75,76)/p+1/b22-19-,23-20-,30-28-,31-29-,35-34-,39-37-,41-38-,61-58-. The van der Waals surface area contributed by atoms with Crippen LogP contribution in [0.25, 0.3) is 0 Å². The largest absolute Gasteiger partial charge is 0.472 e. The van der Waals surface area contributed by atoms with Crippen molar-refractivity contribution in [2.75, 3.05) is 40.9 Å². The third-order valence-electron chi connectivity index (χ3n) is 14.2. The second kappa shape index (κ2) is 59.1. The van der Waals surface area contributed by atoms with Crippen LogP contribution in [0.4, 0.5) is 0 Å². The molecule has 0 saturated carbocycles. The van der Waals surface area contributed by atoms with E-state index in [4.69, 9.17) is 13.8 Å². The summed E-state index contributed by atoms with van der Waals surface area (Å²) in [7, 11) is 1.47. The van der Waals surface area contributed by atoms with Crippen LogP contribution in [0, 0.1) is 0 Å². The van der Waals surface area contributed by atoms with Crippen molar-refractivity contribution < 1.29 is 37.3 Å². The molecule has 3 unspecified atom stereocenters. The van der Waals surface area contributed by atoms with E-state index in [1.165, 1.54) is 135 Å². The van der Waals surface area contributed by atoms with E-state index in [0.29, 0.717) is 17.4 Å². The molecule has 3 atom stereocenters. The van der Waals surface area contributed by atoms with E-state index in [1.807, 2.05) is 33.3 Å². The number of unbranched alkanes of at least 4 members (excludes halogenated alkanes) is 29. The van der Waals surface area contributed by atoms with Crippen LogP contribution in [0.15, 0.2) is 97.2 Å². The third-order valence-corrected chi connectivity index (χ3v) is 15.2. The fourth-order valence-corrected chi connectivity index (χ4v) is 9.84. The smallest absolute Gasteiger partial charge is 0.456 e. The van der Waals surface area contributed by atoms with Gasteiger partial charge in [0, 0.05) is 12.8 Å². The summed E-state index contributed by atoms with van der Waals surface area (Å²) in [6, 6.07) is -0.866. The number of nitrogens with one attached hydrogen (secondary N) is 1. The summed E-state index contributed by atoms with van der Waals surface area (Å²) in [6.07, 6.45) is 79.7. The predicted octanol–water partition coefficient (Wildman–Crippen LogP) is 20.7. The van der Waals surface area contributed by atoms with Gasteiger partial charge in [0.2, 0.25) is 5.91 Å². The molecule has 80 heavy (non-hydrogen) atoms. The highest BCUT2D eigenvalue weighted by Gasteiger charge is 2.30. The quantitative estimate of drug-likeness (QED) is 0.0205. The van der Waals surface area contributed by atoms with Crippen LogP contribution in [0.3, 0.4) is 0 Å². The number of amides is 1. The van der Waals surface area contributed by atoms with E-state index in [9.17, 15) is 19.0 Å². The SMILES string of the molecule is CCCCC/C=C\C/C=C\C/C=C\C/C=C\CCCCCCCCCC(=O)NC(COP(=O)(O)OCC[N+](C)(C)C)C(/C=C\CCCCCCCCCCCC)OC(=O)CCCCCCCC/C=C\C/C=C\C/C=C\CCCCC. The van der Waals surface area contributed by atoms with Gasteiger partial charge in [-0.3, -0.25) is 18.6 Å². The molecule has 462 valence electrons. The molecule has 0 aromatic rings.